The second-order valence-electron chi connectivity index (χ2n) is 6.33. The first-order chi connectivity index (χ1) is 14.1. The Balaban J connectivity index is 0.00000320. The molecular formula is C21H25ClIN5O2. The minimum absolute atomic E-state index is 0. The highest BCUT2D eigenvalue weighted by Crippen LogP contribution is 2.27. The summed E-state index contributed by atoms with van der Waals surface area (Å²) < 4.78 is 12.4. The molecule has 0 saturated heterocycles. The van der Waals surface area contributed by atoms with E-state index in [1.807, 2.05) is 59.4 Å². The molecule has 9 heteroatoms. The van der Waals surface area contributed by atoms with Crippen molar-refractivity contribution in [3.05, 3.63) is 77.1 Å². The van der Waals surface area contributed by atoms with E-state index in [0.29, 0.717) is 35.6 Å². The predicted molar refractivity (Wildman–Crippen MR) is 130 cm³/mol. The number of hydrogen-bond acceptors (Lipinski definition) is 4. The second kappa shape index (κ2) is 11.7. The van der Waals surface area contributed by atoms with Crippen LogP contribution in [0.5, 0.6) is 11.5 Å². The SMILES string of the molecule is COc1ccc(CN=C(N)NCC(c2ccc(Cl)cc2)n2cccn2)cc1OC.I. The second-order valence-corrected chi connectivity index (χ2v) is 6.76. The normalized spacial score (nSPS) is 12.0. The quantitative estimate of drug-likeness (QED) is 0.257. The first-order valence-corrected chi connectivity index (χ1v) is 9.47. The smallest absolute Gasteiger partial charge is 0.189 e. The molecule has 0 bridgehead atoms. The molecule has 7 nitrogen and oxygen atoms in total. The standard InChI is InChI=1S/C21H24ClN5O2.HI/c1-28-19-9-4-15(12-20(19)29-2)13-24-21(23)25-14-18(27-11-3-10-26-27)16-5-7-17(22)8-6-16;/h3-12,18H,13-14H2,1-2H3,(H3,23,24,25);1H. The number of aromatic nitrogens is 2. The van der Waals surface area contributed by atoms with Crippen LogP contribution in [-0.2, 0) is 6.54 Å². The van der Waals surface area contributed by atoms with Gasteiger partial charge >= 0.3 is 0 Å². The van der Waals surface area contributed by atoms with Crippen molar-refractivity contribution in [2.45, 2.75) is 12.6 Å². The highest BCUT2D eigenvalue weighted by atomic mass is 127. The van der Waals surface area contributed by atoms with Crippen LogP contribution in [0.1, 0.15) is 17.2 Å². The van der Waals surface area contributed by atoms with Crippen molar-refractivity contribution < 1.29 is 9.47 Å². The van der Waals surface area contributed by atoms with Gasteiger partial charge in [-0.15, -0.1) is 24.0 Å². The summed E-state index contributed by atoms with van der Waals surface area (Å²) in [5.41, 5.74) is 8.12. The molecule has 160 valence electrons. The monoisotopic (exact) mass is 541 g/mol. The van der Waals surface area contributed by atoms with Crippen molar-refractivity contribution >= 4 is 41.5 Å². The Kier molecular flexibility index (Phi) is 9.25. The first-order valence-electron chi connectivity index (χ1n) is 9.10. The zero-order valence-electron chi connectivity index (χ0n) is 16.8. The summed E-state index contributed by atoms with van der Waals surface area (Å²) in [6, 6.07) is 15.2. The lowest BCUT2D eigenvalue weighted by atomic mass is 10.1. The number of nitrogens with one attached hydrogen (secondary N) is 1. The number of ether oxygens (including phenoxy) is 2. The van der Waals surface area contributed by atoms with E-state index < -0.39 is 0 Å². The Bertz CT molecular complexity index is 949. The van der Waals surface area contributed by atoms with Crippen LogP contribution in [0.4, 0.5) is 0 Å². The maximum atomic E-state index is 6.08. The van der Waals surface area contributed by atoms with Crippen molar-refractivity contribution in [2.75, 3.05) is 20.8 Å². The number of benzene rings is 2. The van der Waals surface area contributed by atoms with Gasteiger partial charge in [-0.2, -0.15) is 5.10 Å². The number of methoxy groups -OCH3 is 2. The van der Waals surface area contributed by atoms with Crippen LogP contribution < -0.4 is 20.5 Å². The van der Waals surface area contributed by atoms with Gasteiger partial charge in [0, 0.05) is 24.0 Å². The summed E-state index contributed by atoms with van der Waals surface area (Å²) in [6.07, 6.45) is 3.66. The van der Waals surface area contributed by atoms with Crippen LogP contribution in [-0.4, -0.2) is 36.5 Å². The van der Waals surface area contributed by atoms with E-state index in [2.05, 4.69) is 15.4 Å². The molecule has 2 aromatic carbocycles. The van der Waals surface area contributed by atoms with Gasteiger partial charge < -0.3 is 20.5 Å². The fourth-order valence-electron chi connectivity index (χ4n) is 2.93. The summed E-state index contributed by atoms with van der Waals surface area (Å²) in [5.74, 6) is 1.69. The molecule has 0 radical (unpaired) electrons. The highest BCUT2D eigenvalue weighted by Gasteiger charge is 2.14. The molecule has 3 aromatic rings. The van der Waals surface area contributed by atoms with Crippen molar-refractivity contribution in [3.63, 3.8) is 0 Å². The number of aliphatic imine (C=N–C) groups is 1. The van der Waals surface area contributed by atoms with Gasteiger partial charge in [0.1, 0.15) is 0 Å². The van der Waals surface area contributed by atoms with E-state index in [1.54, 1.807) is 20.4 Å². The summed E-state index contributed by atoms with van der Waals surface area (Å²) in [4.78, 5) is 4.42. The van der Waals surface area contributed by atoms with Gasteiger partial charge in [-0.1, -0.05) is 29.8 Å². The lowest BCUT2D eigenvalue weighted by Crippen LogP contribution is -2.36. The van der Waals surface area contributed by atoms with E-state index >= 15 is 0 Å². The average Bonchev–Trinajstić information content (AvgIpc) is 3.28. The van der Waals surface area contributed by atoms with Crippen molar-refractivity contribution in [2.24, 2.45) is 10.7 Å². The maximum absolute atomic E-state index is 6.08. The van der Waals surface area contributed by atoms with Crippen LogP contribution >= 0.6 is 35.6 Å². The first kappa shape index (κ1) is 23.8. The third-order valence-corrected chi connectivity index (χ3v) is 4.71. The molecule has 1 unspecified atom stereocenters. The molecule has 0 aliphatic carbocycles. The molecule has 0 spiro atoms. The lowest BCUT2D eigenvalue weighted by molar-refractivity contribution is 0.354. The number of nitrogens with two attached hydrogens (primary N) is 1. The van der Waals surface area contributed by atoms with Crippen LogP contribution in [0, 0.1) is 0 Å². The number of rotatable bonds is 8. The van der Waals surface area contributed by atoms with Gasteiger partial charge in [0.15, 0.2) is 17.5 Å². The van der Waals surface area contributed by atoms with Crippen molar-refractivity contribution in [1.82, 2.24) is 15.1 Å². The number of nitrogens with zero attached hydrogens (tertiary/aromatic N) is 3. The number of halogens is 2. The van der Waals surface area contributed by atoms with E-state index in [-0.39, 0.29) is 30.0 Å². The highest BCUT2D eigenvalue weighted by molar-refractivity contribution is 14.0. The van der Waals surface area contributed by atoms with Gasteiger partial charge in [-0.05, 0) is 41.5 Å². The predicted octanol–water partition coefficient (Wildman–Crippen LogP) is 3.87. The molecule has 3 rings (SSSR count). The minimum atomic E-state index is -0.0444. The van der Waals surface area contributed by atoms with Gasteiger partial charge in [0.25, 0.3) is 0 Å². The molecule has 1 atom stereocenters. The molecule has 0 aliphatic heterocycles. The molecule has 0 amide bonds. The van der Waals surface area contributed by atoms with Gasteiger partial charge in [0.05, 0.1) is 26.8 Å². The third-order valence-electron chi connectivity index (χ3n) is 4.46. The van der Waals surface area contributed by atoms with Crippen LogP contribution in [0.3, 0.4) is 0 Å². The Labute approximate surface area is 198 Å². The fraction of sp³-hybridized carbons (Fsp3) is 0.238. The van der Waals surface area contributed by atoms with Gasteiger partial charge in [0.2, 0.25) is 0 Å². The molecule has 1 aromatic heterocycles. The van der Waals surface area contributed by atoms with E-state index in [9.17, 15) is 0 Å². The molecule has 3 N–H and O–H groups in total. The zero-order valence-corrected chi connectivity index (χ0v) is 19.9. The number of hydrogen-bond donors (Lipinski definition) is 2. The molecule has 1 heterocycles. The van der Waals surface area contributed by atoms with Crippen molar-refractivity contribution in [1.29, 1.82) is 0 Å². The van der Waals surface area contributed by atoms with Crippen LogP contribution in [0.15, 0.2) is 65.9 Å². The molecule has 0 fully saturated rings. The third kappa shape index (κ3) is 6.27. The Hall–Kier alpha value is -2.46. The maximum Gasteiger partial charge on any atom is 0.189 e. The lowest BCUT2D eigenvalue weighted by Gasteiger charge is -2.19. The van der Waals surface area contributed by atoms with Crippen LogP contribution in [0.25, 0.3) is 0 Å². The van der Waals surface area contributed by atoms with E-state index in [4.69, 9.17) is 26.8 Å². The zero-order chi connectivity index (χ0) is 20.6. The van der Waals surface area contributed by atoms with E-state index in [1.165, 1.54) is 0 Å². The van der Waals surface area contributed by atoms with E-state index in [0.717, 1.165) is 11.1 Å². The largest absolute Gasteiger partial charge is 0.493 e. The fourth-order valence-corrected chi connectivity index (χ4v) is 3.05. The Morgan fingerprint density at radius 1 is 1.17 bits per heavy atom. The number of guanidine groups is 1. The molecular weight excluding hydrogens is 517 g/mol. The van der Waals surface area contributed by atoms with Crippen molar-refractivity contribution in [3.8, 4) is 11.5 Å². The summed E-state index contributed by atoms with van der Waals surface area (Å²) in [7, 11) is 3.21. The molecule has 0 aliphatic rings. The Morgan fingerprint density at radius 2 is 1.90 bits per heavy atom. The molecule has 0 saturated carbocycles. The summed E-state index contributed by atoms with van der Waals surface area (Å²) >= 11 is 6.01. The minimum Gasteiger partial charge on any atom is -0.493 e. The summed E-state index contributed by atoms with van der Waals surface area (Å²) in [6.45, 7) is 0.956. The average molecular weight is 542 g/mol. The van der Waals surface area contributed by atoms with Gasteiger partial charge in [-0.3, -0.25) is 4.68 Å². The Morgan fingerprint density at radius 3 is 2.53 bits per heavy atom. The summed E-state index contributed by atoms with van der Waals surface area (Å²) in [5, 5.41) is 8.23. The van der Waals surface area contributed by atoms with Gasteiger partial charge in [-0.25, -0.2) is 4.99 Å². The topological polar surface area (TPSA) is 86.7 Å². The molecule has 30 heavy (non-hydrogen) atoms. The van der Waals surface area contributed by atoms with Crippen LogP contribution in [0.2, 0.25) is 5.02 Å².